The summed E-state index contributed by atoms with van der Waals surface area (Å²) in [4.78, 5) is 0. The van der Waals surface area contributed by atoms with Gasteiger partial charge in [0.25, 0.3) is 0 Å². The molecule has 106 valence electrons. The molecule has 0 bridgehead atoms. The van der Waals surface area contributed by atoms with Crippen molar-refractivity contribution in [2.45, 2.75) is 20.8 Å². The number of nitrogens with one attached hydrogen (secondary N) is 1. The van der Waals surface area contributed by atoms with Gasteiger partial charge < -0.3 is 10.1 Å². The van der Waals surface area contributed by atoms with Crippen LogP contribution in [-0.4, -0.2) is 23.3 Å². The summed E-state index contributed by atoms with van der Waals surface area (Å²) in [6, 6.07) is 7.98. The number of ether oxygens (including phenoxy) is 1. The summed E-state index contributed by atoms with van der Waals surface area (Å²) in [5, 5.41) is 11.6. The fraction of sp³-hybridized carbons (Fsp3) is 0.333. The van der Waals surface area contributed by atoms with Crippen molar-refractivity contribution in [3.8, 4) is 5.75 Å². The Bertz CT molecular complexity index is 602. The molecule has 0 unspecified atom stereocenters. The molecule has 0 radical (unpaired) electrons. The number of rotatable bonds is 5. The lowest BCUT2D eigenvalue weighted by atomic mass is 10.2. The third-order valence-electron chi connectivity index (χ3n) is 3.12. The number of halogens is 1. The van der Waals surface area contributed by atoms with Crippen LogP contribution in [0.5, 0.6) is 5.75 Å². The van der Waals surface area contributed by atoms with Crippen molar-refractivity contribution in [2.75, 3.05) is 18.5 Å². The van der Waals surface area contributed by atoms with Gasteiger partial charge in [0.1, 0.15) is 12.4 Å². The van der Waals surface area contributed by atoms with Crippen LogP contribution in [-0.2, 0) is 0 Å². The van der Waals surface area contributed by atoms with E-state index in [0.717, 1.165) is 22.7 Å². The average Bonchev–Trinajstić information content (AvgIpc) is 2.43. The molecule has 2 rings (SSSR count). The number of aromatic nitrogens is 2. The topological polar surface area (TPSA) is 47.0 Å². The molecule has 2 aromatic rings. The van der Waals surface area contributed by atoms with E-state index in [1.165, 1.54) is 5.56 Å². The Morgan fingerprint density at radius 1 is 1.15 bits per heavy atom. The van der Waals surface area contributed by atoms with Crippen LogP contribution in [0, 0.1) is 20.8 Å². The summed E-state index contributed by atoms with van der Waals surface area (Å²) in [5.74, 6) is 1.63. The minimum Gasteiger partial charge on any atom is -0.492 e. The first-order valence-corrected chi connectivity index (χ1v) is 6.88. The Labute approximate surface area is 124 Å². The van der Waals surface area contributed by atoms with E-state index in [4.69, 9.17) is 16.3 Å². The molecule has 4 nitrogen and oxygen atoms in total. The smallest absolute Gasteiger partial charge is 0.155 e. The summed E-state index contributed by atoms with van der Waals surface area (Å²) >= 11 is 5.92. The fourth-order valence-electron chi connectivity index (χ4n) is 1.79. The monoisotopic (exact) mass is 291 g/mol. The molecule has 1 heterocycles. The first-order chi connectivity index (χ1) is 9.58. The van der Waals surface area contributed by atoms with Gasteiger partial charge in [-0.05, 0) is 49.6 Å². The maximum Gasteiger partial charge on any atom is 0.155 e. The van der Waals surface area contributed by atoms with Crippen molar-refractivity contribution in [1.82, 2.24) is 10.2 Å². The Morgan fingerprint density at radius 3 is 2.70 bits per heavy atom. The van der Waals surface area contributed by atoms with Gasteiger partial charge in [0.05, 0.1) is 6.54 Å². The number of benzene rings is 1. The second kappa shape index (κ2) is 6.57. The summed E-state index contributed by atoms with van der Waals surface area (Å²) in [5.41, 5.74) is 3.15. The summed E-state index contributed by atoms with van der Waals surface area (Å²) in [7, 11) is 0. The van der Waals surface area contributed by atoms with Crippen molar-refractivity contribution >= 4 is 17.4 Å². The Kier molecular flexibility index (Phi) is 4.79. The lowest BCUT2D eigenvalue weighted by Gasteiger charge is -2.11. The second-order valence-corrected chi connectivity index (χ2v) is 5.04. The van der Waals surface area contributed by atoms with Crippen LogP contribution in [0.15, 0.2) is 24.3 Å². The first kappa shape index (κ1) is 14.6. The molecule has 5 heteroatoms. The molecule has 0 saturated heterocycles. The van der Waals surface area contributed by atoms with Crippen LogP contribution in [0.2, 0.25) is 5.15 Å². The highest BCUT2D eigenvalue weighted by atomic mass is 35.5. The van der Waals surface area contributed by atoms with Crippen LogP contribution < -0.4 is 10.1 Å². The Balaban J connectivity index is 1.86. The zero-order chi connectivity index (χ0) is 14.5. The molecule has 0 atom stereocenters. The van der Waals surface area contributed by atoms with Gasteiger partial charge in [0.15, 0.2) is 11.0 Å². The quantitative estimate of drug-likeness (QED) is 0.856. The highest BCUT2D eigenvalue weighted by molar-refractivity contribution is 6.30. The van der Waals surface area contributed by atoms with Crippen molar-refractivity contribution in [1.29, 1.82) is 0 Å². The van der Waals surface area contributed by atoms with Crippen LogP contribution in [0.25, 0.3) is 0 Å². The minimum absolute atomic E-state index is 0.448. The highest BCUT2D eigenvalue weighted by Crippen LogP contribution is 2.20. The number of hydrogen-bond acceptors (Lipinski definition) is 4. The summed E-state index contributed by atoms with van der Waals surface area (Å²) in [6.07, 6.45) is 0. The molecule has 0 aliphatic heterocycles. The summed E-state index contributed by atoms with van der Waals surface area (Å²) < 4.78 is 5.67. The molecule has 1 aromatic heterocycles. The SMILES string of the molecule is Cc1cccc(OCCNc2nnc(Cl)c(C)c2C)c1. The molecule has 1 aromatic carbocycles. The Morgan fingerprint density at radius 2 is 1.95 bits per heavy atom. The van der Waals surface area contributed by atoms with E-state index >= 15 is 0 Å². The predicted octanol–water partition coefficient (Wildman–Crippen LogP) is 3.55. The Hall–Kier alpha value is -1.81. The van der Waals surface area contributed by atoms with Crippen LogP contribution in [0.4, 0.5) is 5.82 Å². The van der Waals surface area contributed by atoms with Crippen LogP contribution in [0.1, 0.15) is 16.7 Å². The maximum atomic E-state index is 5.92. The largest absolute Gasteiger partial charge is 0.492 e. The lowest BCUT2D eigenvalue weighted by Crippen LogP contribution is -2.14. The molecular weight excluding hydrogens is 274 g/mol. The highest BCUT2D eigenvalue weighted by Gasteiger charge is 2.07. The molecule has 0 amide bonds. The standard InChI is InChI=1S/C15H18ClN3O/c1-10-5-4-6-13(9-10)20-8-7-17-15-12(3)11(2)14(16)18-19-15/h4-6,9H,7-8H2,1-3H3,(H,17,19). The molecule has 0 aliphatic carbocycles. The minimum atomic E-state index is 0.448. The zero-order valence-electron chi connectivity index (χ0n) is 11.9. The summed E-state index contributed by atoms with van der Waals surface area (Å²) in [6.45, 7) is 7.16. The van der Waals surface area contributed by atoms with Gasteiger partial charge in [0, 0.05) is 0 Å². The van der Waals surface area contributed by atoms with Gasteiger partial charge in [0.2, 0.25) is 0 Å². The van der Waals surface area contributed by atoms with Crippen molar-refractivity contribution in [2.24, 2.45) is 0 Å². The predicted molar refractivity (Wildman–Crippen MR) is 81.7 cm³/mol. The third kappa shape index (κ3) is 3.61. The van der Waals surface area contributed by atoms with Gasteiger partial charge in [-0.25, -0.2) is 0 Å². The van der Waals surface area contributed by atoms with E-state index < -0.39 is 0 Å². The first-order valence-electron chi connectivity index (χ1n) is 6.50. The van der Waals surface area contributed by atoms with Gasteiger partial charge >= 0.3 is 0 Å². The van der Waals surface area contributed by atoms with Gasteiger partial charge in [-0.15, -0.1) is 10.2 Å². The average molecular weight is 292 g/mol. The van der Waals surface area contributed by atoms with E-state index in [9.17, 15) is 0 Å². The molecule has 1 N–H and O–H groups in total. The van der Waals surface area contributed by atoms with Crippen molar-refractivity contribution in [3.63, 3.8) is 0 Å². The van der Waals surface area contributed by atoms with Gasteiger partial charge in [-0.3, -0.25) is 0 Å². The van der Waals surface area contributed by atoms with Crippen molar-refractivity contribution < 1.29 is 4.74 Å². The lowest BCUT2D eigenvalue weighted by molar-refractivity contribution is 0.332. The normalized spacial score (nSPS) is 10.4. The third-order valence-corrected chi connectivity index (χ3v) is 3.48. The zero-order valence-corrected chi connectivity index (χ0v) is 12.7. The van der Waals surface area contributed by atoms with Gasteiger partial charge in [-0.1, -0.05) is 23.7 Å². The van der Waals surface area contributed by atoms with Crippen LogP contribution >= 0.6 is 11.6 Å². The van der Waals surface area contributed by atoms with E-state index in [2.05, 4.69) is 15.5 Å². The number of hydrogen-bond donors (Lipinski definition) is 1. The molecule has 0 fully saturated rings. The fourth-order valence-corrected chi connectivity index (χ4v) is 1.97. The van der Waals surface area contributed by atoms with Crippen LogP contribution in [0.3, 0.4) is 0 Å². The molecule has 20 heavy (non-hydrogen) atoms. The van der Waals surface area contributed by atoms with Gasteiger partial charge in [-0.2, -0.15) is 0 Å². The van der Waals surface area contributed by atoms with E-state index in [-0.39, 0.29) is 0 Å². The van der Waals surface area contributed by atoms with E-state index in [0.29, 0.717) is 18.3 Å². The molecule has 0 aliphatic rings. The number of nitrogens with zero attached hydrogens (tertiary/aromatic N) is 2. The van der Waals surface area contributed by atoms with E-state index in [1.54, 1.807) is 0 Å². The molecule has 0 saturated carbocycles. The number of anilines is 1. The maximum absolute atomic E-state index is 5.92. The molecular formula is C15H18ClN3O. The number of aryl methyl sites for hydroxylation is 1. The van der Waals surface area contributed by atoms with E-state index in [1.807, 2.05) is 45.0 Å². The molecule has 0 spiro atoms. The second-order valence-electron chi connectivity index (χ2n) is 4.68. The van der Waals surface area contributed by atoms with Crippen molar-refractivity contribution in [3.05, 3.63) is 46.1 Å².